The Balaban J connectivity index is 3.87. The number of carbonyl (C=O) groups is 1. The first-order chi connectivity index (χ1) is 5.61. The molecule has 0 aromatic rings. The van der Waals surface area contributed by atoms with Crippen molar-refractivity contribution in [2.45, 2.75) is 20.8 Å². The number of alkyl halides is 1. The molecule has 0 atom stereocenters. The lowest BCUT2D eigenvalue weighted by Crippen LogP contribution is -2.12. The van der Waals surface area contributed by atoms with E-state index in [-0.39, 0.29) is 5.97 Å². The molecule has 0 amide bonds. The van der Waals surface area contributed by atoms with Gasteiger partial charge in [-0.2, -0.15) is 0 Å². The zero-order valence-corrected chi connectivity index (χ0v) is 9.35. The fourth-order valence-corrected chi connectivity index (χ4v) is 1.14. The third-order valence-corrected chi connectivity index (χ3v) is 1.91. The minimum absolute atomic E-state index is 0.219. The molecule has 70 valence electrons. The average Bonchev–Trinajstić information content (AvgIpc) is 2.03. The molecular weight excluding hydrogens is 220 g/mol. The first kappa shape index (κ1) is 11.7. The number of ether oxygens (including phenoxy) is 1. The van der Waals surface area contributed by atoms with Crippen LogP contribution in [0.5, 0.6) is 0 Å². The van der Waals surface area contributed by atoms with Gasteiger partial charge in [0.25, 0.3) is 0 Å². The quantitative estimate of drug-likeness (QED) is 0.425. The van der Waals surface area contributed by atoms with Crippen molar-refractivity contribution < 1.29 is 9.53 Å². The van der Waals surface area contributed by atoms with E-state index in [0.717, 1.165) is 0 Å². The summed E-state index contributed by atoms with van der Waals surface area (Å²) in [7, 11) is 0. The second-order valence-corrected chi connectivity index (χ2v) is 3.50. The molecule has 3 heteroatoms. The van der Waals surface area contributed by atoms with E-state index in [0.29, 0.717) is 23.4 Å². The van der Waals surface area contributed by atoms with Crippen LogP contribution in [0.2, 0.25) is 0 Å². The van der Waals surface area contributed by atoms with E-state index < -0.39 is 0 Å². The SMILES string of the molecule is C/C=C(\CBr)C(=O)OCC(C)C. The van der Waals surface area contributed by atoms with Crippen LogP contribution in [0.4, 0.5) is 0 Å². The summed E-state index contributed by atoms with van der Waals surface area (Å²) in [5, 5.41) is 0.556. The van der Waals surface area contributed by atoms with E-state index in [9.17, 15) is 4.79 Å². The molecule has 0 aliphatic rings. The smallest absolute Gasteiger partial charge is 0.334 e. The predicted octanol–water partition coefficient (Wildman–Crippen LogP) is 2.53. The van der Waals surface area contributed by atoms with Crippen molar-refractivity contribution in [1.82, 2.24) is 0 Å². The molecule has 12 heavy (non-hydrogen) atoms. The molecule has 0 fully saturated rings. The molecule has 0 unspecified atom stereocenters. The average molecular weight is 235 g/mol. The standard InChI is InChI=1S/C9H15BrO2/c1-4-8(5-10)9(11)12-6-7(2)3/h4,7H,5-6H2,1-3H3/b8-4+. The summed E-state index contributed by atoms with van der Waals surface area (Å²) in [6, 6.07) is 0. The van der Waals surface area contributed by atoms with Gasteiger partial charge in [-0.15, -0.1) is 0 Å². The normalized spacial score (nSPS) is 11.9. The van der Waals surface area contributed by atoms with E-state index in [1.807, 2.05) is 20.8 Å². The first-order valence-corrected chi connectivity index (χ1v) is 5.12. The van der Waals surface area contributed by atoms with Crippen LogP contribution in [0, 0.1) is 5.92 Å². The van der Waals surface area contributed by atoms with E-state index in [2.05, 4.69) is 15.9 Å². The Morgan fingerprint density at radius 3 is 2.50 bits per heavy atom. The highest BCUT2D eigenvalue weighted by Gasteiger charge is 2.08. The highest BCUT2D eigenvalue weighted by atomic mass is 79.9. The molecule has 0 aliphatic carbocycles. The molecular formula is C9H15BrO2. The molecule has 2 nitrogen and oxygen atoms in total. The van der Waals surface area contributed by atoms with Crippen LogP contribution >= 0.6 is 15.9 Å². The maximum atomic E-state index is 11.2. The fourth-order valence-electron chi connectivity index (χ4n) is 0.585. The first-order valence-electron chi connectivity index (χ1n) is 4.00. The Morgan fingerprint density at radius 1 is 1.58 bits per heavy atom. The minimum Gasteiger partial charge on any atom is -0.462 e. The summed E-state index contributed by atoms with van der Waals surface area (Å²) in [6.45, 7) is 6.34. The van der Waals surface area contributed by atoms with Gasteiger partial charge in [0, 0.05) is 10.9 Å². The number of esters is 1. The molecule has 0 radical (unpaired) electrons. The molecule has 0 aromatic carbocycles. The van der Waals surface area contributed by atoms with E-state index in [1.165, 1.54) is 0 Å². The Labute approximate surface area is 82.1 Å². The molecule has 0 spiro atoms. The summed E-state index contributed by atoms with van der Waals surface area (Å²) in [5.74, 6) is 0.172. The van der Waals surface area contributed by atoms with Crippen molar-refractivity contribution in [2.75, 3.05) is 11.9 Å². The number of allylic oxidation sites excluding steroid dienone is 1. The predicted molar refractivity (Wildman–Crippen MR) is 53.3 cm³/mol. The number of carbonyl (C=O) groups excluding carboxylic acids is 1. The van der Waals surface area contributed by atoms with Crippen molar-refractivity contribution in [3.63, 3.8) is 0 Å². The Morgan fingerprint density at radius 2 is 2.17 bits per heavy atom. The van der Waals surface area contributed by atoms with Crippen LogP contribution in [0.1, 0.15) is 20.8 Å². The van der Waals surface area contributed by atoms with Gasteiger partial charge in [0.05, 0.1) is 6.61 Å². The molecule has 0 heterocycles. The summed E-state index contributed by atoms with van der Waals surface area (Å²) in [6.07, 6.45) is 1.76. The number of halogens is 1. The third kappa shape index (κ3) is 4.54. The van der Waals surface area contributed by atoms with Gasteiger partial charge < -0.3 is 4.74 Å². The fraction of sp³-hybridized carbons (Fsp3) is 0.667. The lowest BCUT2D eigenvalue weighted by atomic mass is 10.2. The number of rotatable bonds is 4. The van der Waals surface area contributed by atoms with Crippen LogP contribution in [0.15, 0.2) is 11.6 Å². The monoisotopic (exact) mass is 234 g/mol. The van der Waals surface area contributed by atoms with E-state index in [1.54, 1.807) is 6.08 Å². The maximum Gasteiger partial charge on any atom is 0.334 e. The lowest BCUT2D eigenvalue weighted by Gasteiger charge is -2.07. The van der Waals surface area contributed by atoms with Crippen molar-refractivity contribution in [3.8, 4) is 0 Å². The van der Waals surface area contributed by atoms with Gasteiger partial charge in [-0.3, -0.25) is 0 Å². The van der Waals surface area contributed by atoms with E-state index in [4.69, 9.17) is 4.74 Å². The number of hydrogen-bond donors (Lipinski definition) is 0. The van der Waals surface area contributed by atoms with Gasteiger partial charge in [-0.25, -0.2) is 4.79 Å². The van der Waals surface area contributed by atoms with Crippen LogP contribution in [-0.4, -0.2) is 17.9 Å². The van der Waals surface area contributed by atoms with Crippen molar-refractivity contribution in [2.24, 2.45) is 5.92 Å². The topological polar surface area (TPSA) is 26.3 Å². The molecule has 0 saturated carbocycles. The number of hydrogen-bond acceptors (Lipinski definition) is 2. The van der Waals surface area contributed by atoms with Crippen molar-refractivity contribution in [3.05, 3.63) is 11.6 Å². The van der Waals surface area contributed by atoms with Crippen LogP contribution in [0.25, 0.3) is 0 Å². The summed E-state index contributed by atoms with van der Waals surface area (Å²) in [4.78, 5) is 11.2. The van der Waals surface area contributed by atoms with Gasteiger partial charge in [-0.05, 0) is 12.8 Å². The summed E-state index contributed by atoms with van der Waals surface area (Å²) >= 11 is 3.21. The lowest BCUT2D eigenvalue weighted by molar-refractivity contribution is -0.139. The van der Waals surface area contributed by atoms with Crippen molar-refractivity contribution >= 4 is 21.9 Å². The highest BCUT2D eigenvalue weighted by molar-refractivity contribution is 9.09. The summed E-state index contributed by atoms with van der Waals surface area (Å²) < 4.78 is 5.01. The zero-order chi connectivity index (χ0) is 9.56. The second kappa shape index (κ2) is 6.23. The van der Waals surface area contributed by atoms with Crippen molar-refractivity contribution in [1.29, 1.82) is 0 Å². The van der Waals surface area contributed by atoms with Crippen LogP contribution < -0.4 is 0 Å². The van der Waals surface area contributed by atoms with Crippen LogP contribution in [0.3, 0.4) is 0 Å². The van der Waals surface area contributed by atoms with Crippen LogP contribution in [-0.2, 0) is 9.53 Å². The second-order valence-electron chi connectivity index (χ2n) is 2.94. The maximum absolute atomic E-state index is 11.2. The molecule has 0 saturated heterocycles. The molecule has 0 N–H and O–H groups in total. The van der Waals surface area contributed by atoms with Gasteiger partial charge in [-0.1, -0.05) is 35.9 Å². The third-order valence-electron chi connectivity index (χ3n) is 1.30. The van der Waals surface area contributed by atoms with Gasteiger partial charge in [0.2, 0.25) is 0 Å². The zero-order valence-electron chi connectivity index (χ0n) is 7.76. The van der Waals surface area contributed by atoms with Gasteiger partial charge in [0.1, 0.15) is 0 Å². The summed E-state index contributed by atoms with van der Waals surface area (Å²) in [5.41, 5.74) is 0.677. The van der Waals surface area contributed by atoms with Gasteiger partial charge in [0.15, 0.2) is 0 Å². The van der Waals surface area contributed by atoms with Gasteiger partial charge >= 0.3 is 5.97 Å². The Hall–Kier alpha value is -0.310. The molecule has 0 aliphatic heterocycles. The highest BCUT2D eigenvalue weighted by Crippen LogP contribution is 2.04. The minimum atomic E-state index is -0.219. The van der Waals surface area contributed by atoms with E-state index >= 15 is 0 Å². The molecule has 0 bridgehead atoms. The molecule has 0 aromatic heterocycles. The molecule has 0 rings (SSSR count). The Kier molecular flexibility index (Phi) is 6.07. The largest absolute Gasteiger partial charge is 0.462 e. The Bertz CT molecular complexity index is 173.